The van der Waals surface area contributed by atoms with Gasteiger partial charge in [0.05, 0.1) is 43.3 Å². The second-order valence-corrected chi connectivity index (χ2v) is 13.5. The zero-order valence-electron chi connectivity index (χ0n) is 29.5. The molecule has 0 aromatic heterocycles. The van der Waals surface area contributed by atoms with E-state index in [4.69, 9.17) is 15.2 Å². The summed E-state index contributed by atoms with van der Waals surface area (Å²) in [6.45, 7) is 13.7. The quantitative estimate of drug-likeness (QED) is 0.237. The molecule has 10 heteroatoms. The zero-order chi connectivity index (χ0) is 33.8. The summed E-state index contributed by atoms with van der Waals surface area (Å²) < 4.78 is 11.7. The van der Waals surface area contributed by atoms with E-state index in [0.29, 0.717) is 13.1 Å². The van der Waals surface area contributed by atoms with E-state index in [2.05, 4.69) is 33.0 Å². The first-order valence-corrected chi connectivity index (χ1v) is 16.7. The first-order chi connectivity index (χ1) is 21.3. The van der Waals surface area contributed by atoms with Crippen molar-refractivity contribution in [1.29, 1.82) is 0 Å². The van der Waals surface area contributed by atoms with Gasteiger partial charge >= 0.3 is 0 Å². The van der Waals surface area contributed by atoms with Crippen LogP contribution in [0.25, 0.3) is 0 Å². The van der Waals surface area contributed by atoms with Gasteiger partial charge < -0.3 is 30.3 Å². The number of carbonyl (C=O) groups is 3. The number of likely N-dealkylation sites (N-methyl/N-ethyl adjacent to an activating group) is 2. The van der Waals surface area contributed by atoms with Crippen molar-refractivity contribution in [3.05, 3.63) is 29.8 Å². The number of hydrogen-bond acceptors (Lipinski definition) is 7. The molecular formula is C35H61N5O5. The fraction of sp³-hybridized carbons (Fsp3) is 0.743. The van der Waals surface area contributed by atoms with Crippen molar-refractivity contribution in [3.63, 3.8) is 0 Å². The highest BCUT2D eigenvalue weighted by Gasteiger charge is 2.40. The summed E-state index contributed by atoms with van der Waals surface area (Å²) >= 11 is 0. The number of amides is 3. The molecule has 0 radical (unpaired) electrons. The minimum Gasteiger partial charge on any atom is -0.399 e. The van der Waals surface area contributed by atoms with Crippen molar-refractivity contribution in [2.75, 3.05) is 53.7 Å². The molecule has 3 N–H and O–H groups in total. The smallest absolute Gasteiger partial charge is 0.242 e. The van der Waals surface area contributed by atoms with Gasteiger partial charge in [0.15, 0.2) is 0 Å². The number of nitrogens with two attached hydrogens (primary N) is 1. The Morgan fingerprint density at radius 1 is 1.02 bits per heavy atom. The summed E-state index contributed by atoms with van der Waals surface area (Å²) in [6.07, 6.45) is 3.12. The molecule has 1 aromatic rings. The number of anilines is 1. The Kier molecular flexibility index (Phi) is 15.8. The number of hydrogen-bond donors (Lipinski definition) is 2. The highest BCUT2D eigenvalue weighted by Crippen LogP contribution is 2.29. The molecule has 0 spiro atoms. The molecule has 1 heterocycles. The zero-order valence-corrected chi connectivity index (χ0v) is 29.5. The van der Waals surface area contributed by atoms with Gasteiger partial charge in [0, 0.05) is 40.0 Å². The molecule has 1 aliphatic rings. The van der Waals surface area contributed by atoms with Crippen LogP contribution < -0.4 is 11.1 Å². The highest BCUT2D eigenvalue weighted by molar-refractivity contribution is 5.87. The first kappa shape index (κ1) is 38.5. The van der Waals surface area contributed by atoms with Crippen LogP contribution in [-0.2, 0) is 30.3 Å². The molecule has 6 atom stereocenters. The SMILES string of the molecule is CCC(C)C(C(CC(=O)N1CCCC1C(OC)C(C)C)OC)N(C)C(=O)CNC(=O)C(C(C)C)N(C)CCc1ccc(N)cc1. The van der Waals surface area contributed by atoms with Crippen LogP contribution in [0, 0.1) is 17.8 Å². The molecule has 0 saturated carbocycles. The highest BCUT2D eigenvalue weighted by atomic mass is 16.5. The van der Waals surface area contributed by atoms with Crippen LogP contribution in [0.15, 0.2) is 24.3 Å². The summed E-state index contributed by atoms with van der Waals surface area (Å²) in [4.78, 5) is 46.3. The van der Waals surface area contributed by atoms with E-state index in [1.54, 1.807) is 26.2 Å². The summed E-state index contributed by atoms with van der Waals surface area (Å²) in [5, 5.41) is 2.90. The van der Waals surface area contributed by atoms with Crippen molar-refractivity contribution in [2.45, 2.75) is 104 Å². The van der Waals surface area contributed by atoms with E-state index in [0.717, 1.165) is 36.9 Å². The van der Waals surface area contributed by atoms with Crippen LogP contribution in [0.2, 0.25) is 0 Å². The topological polar surface area (TPSA) is 117 Å². The Morgan fingerprint density at radius 2 is 1.67 bits per heavy atom. The molecule has 0 bridgehead atoms. The molecule has 256 valence electrons. The average molecular weight is 632 g/mol. The maximum absolute atomic E-state index is 13.7. The predicted octanol–water partition coefficient (Wildman–Crippen LogP) is 3.82. The third-order valence-electron chi connectivity index (χ3n) is 9.58. The lowest BCUT2D eigenvalue weighted by Gasteiger charge is -2.39. The van der Waals surface area contributed by atoms with Gasteiger partial charge in [-0.1, -0.05) is 60.1 Å². The molecule has 10 nitrogen and oxygen atoms in total. The van der Waals surface area contributed by atoms with E-state index < -0.39 is 6.10 Å². The van der Waals surface area contributed by atoms with Gasteiger partial charge in [0.25, 0.3) is 0 Å². The van der Waals surface area contributed by atoms with E-state index in [1.165, 1.54) is 0 Å². The second kappa shape index (κ2) is 18.5. The third-order valence-corrected chi connectivity index (χ3v) is 9.58. The van der Waals surface area contributed by atoms with Crippen LogP contribution in [-0.4, -0.2) is 111 Å². The largest absolute Gasteiger partial charge is 0.399 e. The van der Waals surface area contributed by atoms with Crippen molar-refractivity contribution in [1.82, 2.24) is 20.0 Å². The standard InChI is InChI=1S/C35H61N5O5/c1-11-25(6)33(29(44-9)21-30(41)40-19-12-13-28(40)34(45-10)24(4)5)39(8)31(42)22-37-35(43)32(23(2)3)38(7)20-18-26-14-16-27(36)17-15-26/h14-17,23-25,28-29,32-34H,11-13,18-22,36H2,1-10H3,(H,37,43). The van der Waals surface area contributed by atoms with Crippen LogP contribution in [0.3, 0.4) is 0 Å². The van der Waals surface area contributed by atoms with Gasteiger partial charge in [-0.05, 0) is 61.8 Å². The lowest BCUT2D eigenvalue weighted by molar-refractivity contribution is -0.144. The van der Waals surface area contributed by atoms with Crippen LogP contribution in [0.5, 0.6) is 0 Å². The van der Waals surface area contributed by atoms with Crippen LogP contribution in [0.1, 0.15) is 72.8 Å². The fourth-order valence-electron chi connectivity index (χ4n) is 6.89. The number of ether oxygens (including phenoxy) is 2. The summed E-state index contributed by atoms with van der Waals surface area (Å²) in [7, 11) is 7.01. The summed E-state index contributed by atoms with van der Waals surface area (Å²) in [6, 6.07) is 7.09. The molecule has 2 rings (SSSR count). The van der Waals surface area contributed by atoms with Gasteiger partial charge in [-0.3, -0.25) is 19.3 Å². The van der Waals surface area contributed by atoms with Crippen LogP contribution in [0.4, 0.5) is 5.69 Å². The molecular weight excluding hydrogens is 570 g/mol. The number of methoxy groups -OCH3 is 2. The molecule has 3 amide bonds. The maximum atomic E-state index is 13.7. The first-order valence-electron chi connectivity index (χ1n) is 16.7. The summed E-state index contributed by atoms with van der Waals surface area (Å²) in [5.41, 5.74) is 7.68. The molecule has 0 aliphatic carbocycles. The van der Waals surface area contributed by atoms with Crippen LogP contribution >= 0.6 is 0 Å². The molecule has 1 saturated heterocycles. The number of nitrogen functional groups attached to an aromatic ring is 1. The Hall–Kier alpha value is -2.69. The van der Waals surface area contributed by atoms with Gasteiger partial charge in [0.2, 0.25) is 17.7 Å². The lowest BCUT2D eigenvalue weighted by Crippen LogP contribution is -2.55. The van der Waals surface area contributed by atoms with E-state index in [9.17, 15) is 14.4 Å². The molecule has 1 aliphatic heterocycles. The lowest BCUT2D eigenvalue weighted by atomic mass is 9.90. The van der Waals surface area contributed by atoms with Gasteiger partial charge in [-0.25, -0.2) is 0 Å². The number of nitrogens with one attached hydrogen (secondary N) is 1. The average Bonchev–Trinajstić information content (AvgIpc) is 3.48. The van der Waals surface area contributed by atoms with Gasteiger partial charge in [0.1, 0.15) is 0 Å². The number of likely N-dealkylation sites (tertiary alicyclic amines) is 1. The number of rotatable bonds is 18. The predicted molar refractivity (Wildman–Crippen MR) is 181 cm³/mol. The van der Waals surface area contributed by atoms with Gasteiger partial charge in [-0.15, -0.1) is 0 Å². The summed E-state index contributed by atoms with van der Waals surface area (Å²) in [5.74, 6) is 0.0472. The minimum atomic E-state index is -0.485. The Balaban J connectivity index is 2.08. The number of benzene rings is 1. The maximum Gasteiger partial charge on any atom is 0.242 e. The Labute approximate surface area is 272 Å². The second-order valence-electron chi connectivity index (χ2n) is 13.5. The molecule has 6 unspecified atom stereocenters. The molecule has 1 fully saturated rings. The normalized spacial score (nSPS) is 18.6. The van der Waals surface area contributed by atoms with Crippen molar-refractivity contribution >= 4 is 23.4 Å². The Bertz CT molecular complexity index is 1070. The van der Waals surface area contributed by atoms with Crippen molar-refractivity contribution in [3.8, 4) is 0 Å². The minimum absolute atomic E-state index is 0.0243. The Morgan fingerprint density at radius 3 is 2.20 bits per heavy atom. The van der Waals surface area contributed by atoms with Crippen molar-refractivity contribution in [2.24, 2.45) is 17.8 Å². The van der Waals surface area contributed by atoms with Crippen molar-refractivity contribution < 1.29 is 23.9 Å². The van der Waals surface area contributed by atoms with E-state index in [-0.39, 0.29) is 72.7 Å². The monoisotopic (exact) mass is 631 g/mol. The van der Waals surface area contributed by atoms with E-state index in [1.807, 2.05) is 55.0 Å². The fourth-order valence-corrected chi connectivity index (χ4v) is 6.89. The molecule has 45 heavy (non-hydrogen) atoms. The van der Waals surface area contributed by atoms with Gasteiger partial charge in [-0.2, -0.15) is 0 Å². The van der Waals surface area contributed by atoms with E-state index >= 15 is 0 Å². The number of nitrogens with zero attached hydrogens (tertiary/aromatic N) is 3. The third kappa shape index (κ3) is 10.7. The molecule has 1 aromatic carbocycles. The number of carbonyl (C=O) groups excluding carboxylic acids is 3.